The first kappa shape index (κ1) is 45.9. The third kappa shape index (κ3) is 14.2. The van der Waals surface area contributed by atoms with Gasteiger partial charge in [0, 0.05) is 44.3 Å². The summed E-state index contributed by atoms with van der Waals surface area (Å²) in [7, 11) is 0. The van der Waals surface area contributed by atoms with E-state index in [9.17, 15) is 38.7 Å². The largest absolute Gasteiger partial charge is 0.481 e. The summed E-state index contributed by atoms with van der Waals surface area (Å²) in [5.74, 6) is -4.75. The molecule has 2 aliphatic heterocycles. The Morgan fingerprint density at radius 2 is 1.06 bits per heavy atom. The van der Waals surface area contributed by atoms with Crippen LogP contribution in [0.2, 0.25) is 0 Å². The van der Waals surface area contributed by atoms with Crippen LogP contribution in [0.25, 0.3) is 11.1 Å². The van der Waals surface area contributed by atoms with Crippen molar-refractivity contribution in [1.82, 2.24) is 26.6 Å². The highest BCUT2D eigenvalue weighted by Crippen LogP contribution is 2.20. The van der Waals surface area contributed by atoms with E-state index < -0.39 is 65.6 Å². The molecular formula is C50H52N6O8. The lowest BCUT2D eigenvalue weighted by Gasteiger charge is -2.27. The Hall–Kier alpha value is -7.61. The first-order valence-corrected chi connectivity index (χ1v) is 21.3. The second-order valence-electron chi connectivity index (χ2n) is 15.7. The number of aliphatic carboxylic acids is 1. The second kappa shape index (κ2) is 23.0. The van der Waals surface area contributed by atoms with E-state index >= 15 is 0 Å². The minimum absolute atomic E-state index is 0.0102. The molecule has 14 nitrogen and oxygen atoms in total. The van der Waals surface area contributed by atoms with Crippen LogP contribution >= 0.6 is 0 Å². The Balaban J connectivity index is 1.35. The number of fused-ring (bicyclic) bond motifs is 18. The minimum Gasteiger partial charge on any atom is -0.481 e. The molecule has 6 amide bonds. The number of carbonyl (C=O) groups excluding carboxylic acids is 6. The predicted octanol–water partition coefficient (Wildman–Crippen LogP) is 4.28. The molecule has 0 spiro atoms. The van der Waals surface area contributed by atoms with Crippen molar-refractivity contribution >= 4 is 47.1 Å². The summed E-state index contributed by atoms with van der Waals surface area (Å²) >= 11 is 0. The number of carbonyl (C=O) groups is 7. The summed E-state index contributed by atoms with van der Waals surface area (Å²) in [6.07, 6.45) is -0.203. The molecule has 14 heteroatoms. The van der Waals surface area contributed by atoms with Gasteiger partial charge in [-0.15, -0.1) is 0 Å². The summed E-state index contributed by atoms with van der Waals surface area (Å²) in [5.41, 5.74) is 5.31. The van der Waals surface area contributed by atoms with Gasteiger partial charge in [-0.3, -0.25) is 33.6 Å². The van der Waals surface area contributed by atoms with Gasteiger partial charge in [0.2, 0.25) is 35.4 Å². The van der Waals surface area contributed by atoms with E-state index in [2.05, 4.69) is 31.9 Å². The monoisotopic (exact) mass is 864 g/mol. The summed E-state index contributed by atoms with van der Waals surface area (Å²) < 4.78 is 0. The zero-order chi connectivity index (χ0) is 45.3. The summed E-state index contributed by atoms with van der Waals surface area (Å²) in [5, 5.41) is 25.9. The molecule has 0 unspecified atom stereocenters. The third-order valence-electron chi connectivity index (χ3n) is 10.8. The van der Waals surface area contributed by atoms with Gasteiger partial charge >= 0.3 is 5.97 Å². The van der Waals surface area contributed by atoms with E-state index in [1.54, 1.807) is 36.4 Å². The molecule has 0 saturated heterocycles. The Morgan fingerprint density at radius 1 is 0.547 bits per heavy atom. The van der Waals surface area contributed by atoms with E-state index in [1.165, 1.54) is 0 Å². The number of rotatable bonds is 12. The Kier molecular flexibility index (Phi) is 16.5. The fraction of sp³-hybridized carbons (Fsp3) is 0.260. The molecule has 2 bridgehead atoms. The van der Waals surface area contributed by atoms with E-state index in [0.29, 0.717) is 23.2 Å². The standard InChI is InChI=1S/C50H52N6O8/c57-44-26-27-45(58)53-42(30-34-12-6-2-7-13-34)49(63)56-43(32-35-16-21-38(22-17-35)37-14-8-3-9-15-37)50(64)54-40(25-20-33-10-4-1-5-11-33)48(62)55-41(47(61)51-29-28-46(59)60)31-36-18-23-39(52-44)24-19-36/h1-19,21-24,40-43H,20,25-32H2,(H,51,61)(H,52,57)(H,53,58)(H,54,64)(H,55,62)(H,56,63)(H,59,60)/t40-,41+,42-,43+/m1/s1. The van der Waals surface area contributed by atoms with Crippen LogP contribution in [-0.2, 0) is 59.2 Å². The molecule has 330 valence electrons. The fourth-order valence-corrected chi connectivity index (χ4v) is 7.31. The molecule has 2 heterocycles. The SMILES string of the molecule is O=C(O)CCNC(=O)[C@@H]1Cc2ccc(cc2)NC(=O)CCC(=O)N[C@H](Cc2ccccc2)C(=O)N[C@@H](Cc2ccc(-c3ccccc3)cc2)C(=O)N[C@H](CCc2ccccc2)C(=O)N1. The van der Waals surface area contributed by atoms with Crippen LogP contribution in [-0.4, -0.2) is 77.2 Å². The average molecular weight is 865 g/mol. The van der Waals surface area contributed by atoms with Crippen molar-refractivity contribution in [2.45, 2.75) is 75.5 Å². The lowest BCUT2D eigenvalue weighted by atomic mass is 9.98. The van der Waals surface area contributed by atoms with Gasteiger partial charge < -0.3 is 37.0 Å². The van der Waals surface area contributed by atoms with E-state index in [0.717, 1.165) is 22.3 Å². The molecule has 0 fully saturated rings. The maximum Gasteiger partial charge on any atom is 0.305 e. The molecule has 0 saturated carbocycles. The quantitative estimate of drug-likeness (QED) is 0.0899. The molecule has 0 aromatic heterocycles. The first-order valence-electron chi connectivity index (χ1n) is 21.3. The zero-order valence-corrected chi connectivity index (χ0v) is 35.3. The predicted molar refractivity (Wildman–Crippen MR) is 241 cm³/mol. The maximum atomic E-state index is 14.6. The normalized spacial score (nSPS) is 18.8. The number of carboxylic acids is 1. The minimum atomic E-state index is -1.24. The molecule has 0 aliphatic carbocycles. The molecule has 64 heavy (non-hydrogen) atoms. The summed E-state index contributed by atoms with van der Waals surface area (Å²) in [4.78, 5) is 94.6. The van der Waals surface area contributed by atoms with Crippen LogP contribution in [0.3, 0.4) is 0 Å². The summed E-state index contributed by atoms with van der Waals surface area (Å²) in [6, 6.07) is 37.5. The second-order valence-corrected chi connectivity index (χ2v) is 15.7. The molecule has 2 aliphatic rings. The van der Waals surface area contributed by atoms with Crippen LogP contribution < -0.4 is 31.9 Å². The Bertz CT molecular complexity index is 2380. The van der Waals surface area contributed by atoms with Crippen molar-refractivity contribution < 1.29 is 38.7 Å². The lowest BCUT2D eigenvalue weighted by molar-refractivity contribution is -0.137. The van der Waals surface area contributed by atoms with Crippen molar-refractivity contribution in [1.29, 1.82) is 0 Å². The van der Waals surface area contributed by atoms with Crippen LogP contribution in [0.1, 0.15) is 47.9 Å². The third-order valence-corrected chi connectivity index (χ3v) is 10.8. The van der Waals surface area contributed by atoms with Crippen molar-refractivity contribution in [3.05, 3.63) is 162 Å². The van der Waals surface area contributed by atoms with Gasteiger partial charge in [-0.1, -0.05) is 127 Å². The number of nitrogens with one attached hydrogen (secondary N) is 6. The number of amides is 6. The van der Waals surface area contributed by atoms with Gasteiger partial charge in [0.25, 0.3) is 0 Å². The van der Waals surface area contributed by atoms with Gasteiger partial charge in [-0.2, -0.15) is 0 Å². The van der Waals surface area contributed by atoms with Gasteiger partial charge in [0.05, 0.1) is 6.42 Å². The number of hydrogen-bond acceptors (Lipinski definition) is 7. The Morgan fingerprint density at radius 3 is 1.69 bits per heavy atom. The van der Waals surface area contributed by atoms with E-state index in [4.69, 9.17) is 0 Å². The molecule has 5 aromatic rings. The Labute approximate surface area is 371 Å². The van der Waals surface area contributed by atoms with Gasteiger partial charge in [0.15, 0.2) is 0 Å². The van der Waals surface area contributed by atoms with Crippen LogP contribution in [0.15, 0.2) is 140 Å². The highest BCUT2D eigenvalue weighted by atomic mass is 16.4. The lowest BCUT2D eigenvalue weighted by Crippen LogP contribution is -2.59. The number of aryl methyl sites for hydroxylation is 1. The topological polar surface area (TPSA) is 212 Å². The molecule has 7 rings (SSSR count). The number of carboxylic acid groups (broad SMARTS) is 1. The maximum absolute atomic E-state index is 14.6. The van der Waals surface area contributed by atoms with Crippen molar-refractivity contribution in [3.8, 4) is 11.1 Å². The van der Waals surface area contributed by atoms with Gasteiger partial charge in [-0.05, 0) is 58.4 Å². The fourth-order valence-electron chi connectivity index (χ4n) is 7.31. The number of benzene rings is 5. The highest BCUT2D eigenvalue weighted by molar-refractivity contribution is 5.97. The molecule has 0 radical (unpaired) electrons. The molecule has 7 N–H and O–H groups in total. The van der Waals surface area contributed by atoms with Gasteiger partial charge in [0.1, 0.15) is 24.2 Å². The summed E-state index contributed by atoms with van der Waals surface area (Å²) in [6.45, 7) is -0.185. The van der Waals surface area contributed by atoms with Gasteiger partial charge in [-0.25, -0.2) is 0 Å². The highest BCUT2D eigenvalue weighted by Gasteiger charge is 2.32. The van der Waals surface area contributed by atoms with Crippen LogP contribution in [0.4, 0.5) is 5.69 Å². The molecule has 4 atom stereocenters. The van der Waals surface area contributed by atoms with Crippen molar-refractivity contribution in [2.24, 2.45) is 0 Å². The van der Waals surface area contributed by atoms with E-state index in [1.807, 2.05) is 103 Å². The van der Waals surface area contributed by atoms with Crippen molar-refractivity contribution in [2.75, 3.05) is 11.9 Å². The average Bonchev–Trinajstić information content (AvgIpc) is 3.30. The molecule has 5 aromatic carbocycles. The van der Waals surface area contributed by atoms with Crippen LogP contribution in [0.5, 0.6) is 0 Å². The molecular weight excluding hydrogens is 813 g/mol. The zero-order valence-electron chi connectivity index (χ0n) is 35.3. The first-order chi connectivity index (χ1) is 31.0. The van der Waals surface area contributed by atoms with Crippen LogP contribution in [0, 0.1) is 0 Å². The van der Waals surface area contributed by atoms with E-state index in [-0.39, 0.29) is 51.5 Å². The van der Waals surface area contributed by atoms with Crippen molar-refractivity contribution in [3.63, 3.8) is 0 Å². The smallest absolute Gasteiger partial charge is 0.305 e. The number of hydrogen-bond donors (Lipinski definition) is 7. The number of anilines is 1.